The van der Waals surface area contributed by atoms with Crippen LogP contribution in [0.5, 0.6) is 0 Å². The molecule has 0 bridgehead atoms. The van der Waals surface area contributed by atoms with Gasteiger partial charge in [0.1, 0.15) is 0 Å². The molecule has 0 radical (unpaired) electrons. The second-order valence-electron chi connectivity index (χ2n) is 4.18. The summed E-state index contributed by atoms with van der Waals surface area (Å²) in [7, 11) is 0. The van der Waals surface area contributed by atoms with Gasteiger partial charge in [0, 0.05) is 5.69 Å². The molecule has 0 unspecified atom stereocenters. The van der Waals surface area contributed by atoms with Crippen LogP contribution in [-0.2, 0) is 4.74 Å². The van der Waals surface area contributed by atoms with Crippen molar-refractivity contribution in [1.82, 2.24) is 0 Å². The average molecular weight is 235 g/mol. The van der Waals surface area contributed by atoms with Crippen LogP contribution in [0.1, 0.15) is 49.4 Å². The average Bonchev–Trinajstić information content (AvgIpc) is 2.33. The standard InChI is InChI=1S/C14H21NO2/c1-2-3-4-5-6-10-17-14(16)12-8-7-9-13(15)11-12/h7-9,11H,2-6,10,15H2,1H3. The number of benzene rings is 1. The van der Waals surface area contributed by atoms with E-state index in [9.17, 15) is 4.79 Å². The molecule has 17 heavy (non-hydrogen) atoms. The Morgan fingerprint density at radius 3 is 2.71 bits per heavy atom. The van der Waals surface area contributed by atoms with E-state index in [2.05, 4.69) is 6.92 Å². The second-order valence-corrected chi connectivity index (χ2v) is 4.18. The van der Waals surface area contributed by atoms with E-state index in [0.29, 0.717) is 17.9 Å². The predicted octanol–water partition coefficient (Wildman–Crippen LogP) is 3.40. The molecule has 0 aliphatic rings. The fourth-order valence-corrected chi connectivity index (χ4v) is 1.62. The summed E-state index contributed by atoms with van der Waals surface area (Å²) in [5.74, 6) is -0.284. The summed E-state index contributed by atoms with van der Waals surface area (Å²) in [5, 5.41) is 0. The smallest absolute Gasteiger partial charge is 0.338 e. The number of esters is 1. The van der Waals surface area contributed by atoms with Crippen LogP contribution in [0.15, 0.2) is 24.3 Å². The monoisotopic (exact) mass is 235 g/mol. The number of anilines is 1. The maximum atomic E-state index is 11.6. The molecule has 94 valence electrons. The molecule has 0 aliphatic carbocycles. The third kappa shape index (κ3) is 5.38. The van der Waals surface area contributed by atoms with E-state index in [1.807, 2.05) is 0 Å². The van der Waals surface area contributed by atoms with Crippen LogP contribution in [0.4, 0.5) is 5.69 Å². The van der Waals surface area contributed by atoms with Crippen molar-refractivity contribution in [2.45, 2.75) is 39.0 Å². The fraction of sp³-hybridized carbons (Fsp3) is 0.500. The fourth-order valence-electron chi connectivity index (χ4n) is 1.62. The minimum absolute atomic E-state index is 0.284. The highest BCUT2D eigenvalue weighted by Crippen LogP contribution is 2.09. The van der Waals surface area contributed by atoms with E-state index in [0.717, 1.165) is 12.8 Å². The molecule has 0 amide bonds. The normalized spacial score (nSPS) is 10.2. The van der Waals surface area contributed by atoms with E-state index >= 15 is 0 Å². The lowest BCUT2D eigenvalue weighted by molar-refractivity contribution is 0.0498. The highest BCUT2D eigenvalue weighted by atomic mass is 16.5. The molecule has 0 aromatic heterocycles. The summed E-state index contributed by atoms with van der Waals surface area (Å²) in [4.78, 5) is 11.6. The third-order valence-corrected chi connectivity index (χ3v) is 2.60. The maximum absolute atomic E-state index is 11.6. The van der Waals surface area contributed by atoms with Crippen LogP contribution in [0.25, 0.3) is 0 Å². The molecule has 0 saturated heterocycles. The van der Waals surface area contributed by atoms with E-state index < -0.39 is 0 Å². The zero-order valence-electron chi connectivity index (χ0n) is 10.4. The third-order valence-electron chi connectivity index (χ3n) is 2.60. The zero-order chi connectivity index (χ0) is 12.5. The summed E-state index contributed by atoms with van der Waals surface area (Å²) in [5.41, 5.74) is 6.71. The molecule has 0 fully saturated rings. The Morgan fingerprint density at radius 2 is 2.00 bits per heavy atom. The first-order chi connectivity index (χ1) is 8.24. The first kappa shape index (κ1) is 13.6. The van der Waals surface area contributed by atoms with Crippen LogP contribution in [0.3, 0.4) is 0 Å². The molecule has 0 heterocycles. The summed E-state index contributed by atoms with van der Waals surface area (Å²) >= 11 is 0. The van der Waals surface area contributed by atoms with Crippen molar-refractivity contribution < 1.29 is 9.53 Å². The largest absolute Gasteiger partial charge is 0.462 e. The number of hydrogen-bond donors (Lipinski definition) is 1. The predicted molar refractivity (Wildman–Crippen MR) is 69.9 cm³/mol. The number of nitrogen functional groups attached to an aromatic ring is 1. The van der Waals surface area contributed by atoms with E-state index in [4.69, 9.17) is 10.5 Å². The number of hydrogen-bond acceptors (Lipinski definition) is 3. The Balaban J connectivity index is 2.21. The van der Waals surface area contributed by atoms with Gasteiger partial charge in [-0.15, -0.1) is 0 Å². The van der Waals surface area contributed by atoms with Crippen molar-refractivity contribution in [3.8, 4) is 0 Å². The lowest BCUT2D eigenvalue weighted by Crippen LogP contribution is -2.06. The maximum Gasteiger partial charge on any atom is 0.338 e. The molecule has 0 spiro atoms. The molecule has 3 heteroatoms. The minimum Gasteiger partial charge on any atom is -0.462 e. The highest BCUT2D eigenvalue weighted by molar-refractivity contribution is 5.90. The number of carbonyl (C=O) groups excluding carboxylic acids is 1. The van der Waals surface area contributed by atoms with Crippen LogP contribution in [0.2, 0.25) is 0 Å². The van der Waals surface area contributed by atoms with Gasteiger partial charge in [-0.3, -0.25) is 0 Å². The second kappa shape index (κ2) is 7.71. The minimum atomic E-state index is -0.284. The Bertz CT molecular complexity index is 350. The molecule has 1 aromatic rings. The van der Waals surface area contributed by atoms with Gasteiger partial charge in [-0.25, -0.2) is 4.79 Å². The molecular formula is C14H21NO2. The Hall–Kier alpha value is -1.51. The number of ether oxygens (including phenoxy) is 1. The lowest BCUT2D eigenvalue weighted by Gasteiger charge is -2.05. The quantitative estimate of drug-likeness (QED) is 0.447. The number of rotatable bonds is 7. The van der Waals surface area contributed by atoms with Gasteiger partial charge in [-0.2, -0.15) is 0 Å². The van der Waals surface area contributed by atoms with Gasteiger partial charge in [-0.1, -0.05) is 38.7 Å². The molecule has 1 aromatic carbocycles. The Kier molecular flexibility index (Phi) is 6.15. The Morgan fingerprint density at radius 1 is 1.24 bits per heavy atom. The van der Waals surface area contributed by atoms with Crippen LogP contribution >= 0.6 is 0 Å². The lowest BCUT2D eigenvalue weighted by atomic mass is 10.2. The summed E-state index contributed by atoms with van der Waals surface area (Å²) < 4.78 is 5.17. The van der Waals surface area contributed by atoms with Crippen molar-refractivity contribution in [1.29, 1.82) is 0 Å². The summed E-state index contributed by atoms with van der Waals surface area (Å²) in [6.07, 6.45) is 5.75. The van der Waals surface area contributed by atoms with Gasteiger partial charge in [0.15, 0.2) is 0 Å². The first-order valence-corrected chi connectivity index (χ1v) is 6.26. The van der Waals surface area contributed by atoms with Gasteiger partial charge >= 0.3 is 5.97 Å². The number of carbonyl (C=O) groups is 1. The molecule has 0 atom stereocenters. The molecule has 1 rings (SSSR count). The Labute approximate surface area is 103 Å². The molecule has 0 saturated carbocycles. The molecule has 0 aliphatic heterocycles. The summed E-state index contributed by atoms with van der Waals surface area (Å²) in [6, 6.07) is 6.86. The van der Waals surface area contributed by atoms with Crippen molar-refractivity contribution >= 4 is 11.7 Å². The van der Waals surface area contributed by atoms with Crippen molar-refractivity contribution in [2.24, 2.45) is 0 Å². The highest BCUT2D eigenvalue weighted by Gasteiger charge is 2.06. The number of nitrogens with two attached hydrogens (primary N) is 1. The molecule has 3 nitrogen and oxygen atoms in total. The van der Waals surface area contributed by atoms with E-state index in [1.54, 1.807) is 24.3 Å². The van der Waals surface area contributed by atoms with Crippen molar-refractivity contribution in [3.63, 3.8) is 0 Å². The van der Waals surface area contributed by atoms with Gasteiger partial charge in [-0.05, 0) is 24.6 Å². The van der Waals surface area contributed by atoms with Crippen LogP contribution < -0.4 is 5.73 Å². The summed E-state index contributed by atoms with van der Waals surface area (Å²) in [6.45, 7) is 2.68. The van der Waals surface area contributed by atoms with Gasteiger partial charge in [0.05, 0.1) is 12.2 Å². The molecule has 2 N–H and O–H groups in total. The van der Waals surface area contributed by atoms with Crippen molar-refractivity contribution in [3.05, 3.63) is 29.8 Å². The molecular weight excluding hydrogens is 214 g/mol. The van der Waals surface area contributed by atoms with Crippen LogP contribution in [-0.4, -0.2) is 12.6 Å². The van der Waals surface area contributed by atoms with Gasteiger partial charge < -0.3 is 10.5 Å². The van der Waals surface area contributed by atoms with Gasteiger partial charge in [0.25, 0.3) is 0 Å². The SMILES string of the molecule is CCCCCCCOC(=O)c1cccc(N)c1. The van der Waals surface area contributed by atoms with Gasteiger partial charge in [0.2, 0.25) is 0 Å². The van der Waals surface area contributed by atoms with Crippen LogP contribution in [0, 0.1) is 0 Å². The van der Waals surface area contributed by atoms with Crippen molar-refractivity contribution in [2.75, 3.05) is 12.3 Å². The van der Waals surface area contributed by atoms with E-state index in [1.165, 1.54) is 19.3 Å². The topological polar surface area (TPSA) is 52.3 Å². The first-order valence-electron chi connectivity index (χ1n) is 6.26. The zero-order valence-corrected chi connectivity index (χ0v) is 10.4. The van der Waals surface area contributed by atoms with E-state index in [-0.39, 0.29) is 5.97 Å². The number of unbranched alkanes of at least 4 members (excludes halogenated alkanes) is 4.